The van der Waals surface area contributed by atoms with Crippen LogP contribution in [0.2, 0.25) is 0 Å². The highest BCUT2D eigenvalue weighted by Gasteiger charge is 2.20. The summed E-state index contributed by atoms with van der Waals surface area (Å²) in [7, 11) is 0. The zero-order chi connectivity index (χ0) is 14.1. The molecule has 0 aromatic carbocycles. The van der Waals surface area contributed by atoms with Gasteiger partial charge in [0, 0.05) is 17.8 Å². The molecule has 0 saturated heterocycles. The largest absolute Gasteiger partial charge is 0.348 e. The minimum atomic E-state index is -0.0671. The van der Waals surface area contributed by atoms with Crippen molar-refractivity contribution in [3.05, 3.63) is 29.7 Å². The van der Waals surface area contributed by atoms with Crippen molar-refractivity contribution in [3.8, 4) is 0 Å². The van der Waals surface area contributed by atoms with E-state index in [9.17, 15) is 4.79 Å². The molecule has 1 fully saturated rings. The van der Waals surface area contributed by atoms with Crippen LogP contribution in [0.4, 0.5) is 0 Å². The molecule has 0 radical (unpaired) electrons. The summed E-state index contributed by atoms with van der Waals surface area (Å²) in [4.78, 5) is 16.7. The van der Waals surface area contributed by atoms with Gasteiger partial charge in [-0.2, -0.15) is 5.10 Å². The fourth-order valence-corrected chi connectivity index (χ4v) is 2.79. The molecular formula is C15H20N4O. The van der Waals surface area contributed by atoms with Crippen LogP contribution >= 0.6 is 0 Å². The van der Waals surface area contributed by atoms with Gasteiger partial charge in [-0.25, -0.2) is 9.50 Å². The van der Waals surface area contributed by atoms with Gasteiger partial charge < -0.3 is 5.32 Å². The molecule has 1 N–H and O–H groups in total. The number of amides is 1. The van der Waals surface area contributed by atoms with Crippen LogP contribution in [0.1, 0.15) is 61.6 Å². The normalized spacial score (nSPS) is 16.1. The number of rotatable bonds is 3. The Labute approximate surface area is 118 Å². The number of fused-ring (bicyclic) bond motifs is 1. The predicted molar refractivity (Wildman–Crippen MR) is 76.8 cm³/mol. The van der Waals surface area contributed by atoms with Gasteiger partial charge in [-0.3, -0.25) is 4.79 Å². The van der Waals surface area contributed by atoms with Crippen LogP contribution in [-0.2, 0) is 0 Å². The van der Waals surface area contributed by atoms with E-state index in [1.165, 1.54) is 12.8 Å². The van der Waals surface area contributed by atoms with E-state index in [-0.39, 0.29) is 5.91 Å². The van der Waals surface area contributed by atoms with Crippen molar-refractivity contribution in [1.29, 1.82) is 0 Å². The molecule has 5 nitrogen and oxygen atoms in total. The Kier molecular flexibility index (Phi) is 3.42. The molecule has 0 bridgehead atoms. The maximum Gasteiger partial charge on any atom is 0.270 e. The number of hydrogen-bond donors (Lipinski definition) is 1. The molecule has 106 valence electrons. The lowest BCUT2D eigenvalue weighted by molar-refractivity contribution is 0.0933. The second-order valence-electron chi connectivity index (χ2n) is 5.78. The molecule has 5 heteroatoms. The average molecular weight is 272 g/mol. The monoisotopic (exact) mass is 272 g/mol. The highest BCUT2D eigenvalue weighted by atomic mass is 16.1. The Morgan fingerprint density at radius 1 is 1.40 bits per heavy atom. The van der Waals surface area contributed by atoms with Gasteiger partial charge in [0.05, 0.1) is 6.20 Å². The summed E-state index contributed by atoms with van der Waals surface area (Å²) in [6.07, 6.45) is 6.29. The molecule has 1 amide bonds. The third-order valence-electron chi connectivity index (χ3n) is 3.90. The van der Waals surface area contributed by atoms with Gasteiger partial charge in [0.1, 0.15) is 5.69 Å². The van der Waals surface area contributed by atoms with Gasteiger partial charge in [0.25, 0.3) is 5.91 Å². The van der Waals surface area contributed by atoms with E-state index in [1.54, 1.807) is 10.7 Å². The highest BCUT2D eigenvalue weighted by Crippen LogP contribution is 2.19. The van der Waals surface area contributed by atoms with Crippen molar-refractivity contribution in [2.24, 2.45) is 0 Å². The van der Waals surface area contributed by atoms with Crippen molar-refractivity contribution in [2.75, 3.05) is 0 Å². The van der Waals surface area contributed by atoms with Crippen molar-refractivity contribution < 1.29 is 4.79 Å². The summed E-state index contributed by atoms with van der Waals surface area (Å²) < 4.78 is 1.80. The number of nitrogens with one attached hydrogen (secondary N) is 1. The molecule has 0 aliphatic heterocycles. The molecule has 0 spiro atoms. The van der Waals surface area contributed by atoms with Gasteiger partial charge in [0.15, 0.2) is 5.65 Å². The van der Waals surface area contributed by atoms with E-state index in [1.807, 2.05) is 12.1 Å². The van der Waals surface area contributed by atoms with E-state index >= 15 is 0 Å². The fourth-order valence-electron chi connectivity index (χ4n) is 2.79. The van der Waals surface area contributed by atoms with Gasteiger partial charge in [-0.05, 0) is 24.8 Å². The molecule has 2 aromatic heterocycles. The number of carbonyl (C=O) groups excluding carboxylic acids is 1. The SMILES string of the molecule is CC(C)c1cc(C(=O)NC2CCCC2)nc2ccnn12. The number of aromatic nitrogens is 3. The van der Waals surface area contributed by atoms with Crippen LogP contribution in [0.15, 0.2) is 18.3 Å². The van der Waals surface area contributed by atoms with Crippen molar-refractivity contribution in [1.82, 2.24) is 19.9 Å². The van der Waals surface area contributed by atoms with Crippen LogP contribution in [-0.4, -0.2) is 26.5 Å². The lowest BCUT2D eigenvalue weighted by Crippen LogP contribution is -2.33. The molecule has 0 atom stereocenters. The van der Waals surface area contributed by atoms with Gasteiger partial charge in [-0.1, -0.05) is 26.7 Å². The summed E-state index contributed by atoms with van der Waals surface area (Å²) >= 11 is 0. The number of hydrogen-bond acceptors (Lipinski definition) is 3. The summed E-state index contributed by atoms with van der Waals surface area (Å²) in [5.41, 5.74) is 2.23. The standard InChI is InChI=1S/C15H20N4O/c1-10(2)13-9-12(18-14-7-8-16-19(13)14)15(20)17-11-5-3-4-6-11/h7-11H,3-6H2,1-2H3,(H,17,20). The first-order chi connectivity index (χ1) is 9.65. The maximum absolute atomic E-state index is 12.3. The summed E-state index contributed by atoms with van der Waals surface area (Å²) in [6, 6.07) is 4.00. The lowest BCUT2D eigenvalue weighted by atomic mass is 10.1. The van der Waals surface area contributed by atoms with E-state index < -0.39 is 0 Å². The fraction of sp³-hybridized carbons (Fsp3) is 0.533. The second kappa shape index (κ2) is 5.23. The van der Waals surface area contributed by atoms with Crippen LogP contribution < -0.4 is 5.32 Å². The molecule has 20 heavy (non-hydrogen) atoms. The zero-order valence-corrected chi connectivity index (χ0v) is 12.0. The molecule has 1 aliphatic rings. The van der Waals surface area contributed by atoms with Crippen LogP contribution in [0.5, 0.6) is 0 Å². The molecule has 1 saturated carbocycles. The molecular weight excluding hydrogens is 252 g/mol. The van der Waals surface area contributed by atoms with E-state index in [4.69, 9.17) is 0 Å². The average Bonchev–Trinajstić information content (AvgIpc) is 3.07. The molecule has 1 aliphatic carbocycles. The first kappa shape index (κ1) is 13.1. The van der Waals surface area contributed by atoms with Gasteiger partial charge in [0.2, 0.25) is 0 Å². The molecule has 2 aromatic rings. The quantitative estimate of drug-likeness (QED) is 0.934. The van der Waals surface area contributed by atoms with Gasteiger partial charge in [-0.15, -0.1) is 0 Å². The maximum atomic E-state index is 12.3. The Bertz CT molecular complexity index is 626. The number of carbonyl (C=O) groups is 1. The summed E-state index contributed by atoms with van der Waals surface area (Å²) in [5.74, 6) is 0.223. The van der Waals surface area contributed by atoms with Crippen molar-refractivity contribution in [3.63, 3.8) is 0 Å². The van der Waals surface area contributed by atoms with Crippen molar-refractivity contribution >= 4 is 11.6 Å². The van der Waals surface area contributed by atoms with E-state index in [0.717, 1.165) is 24.2 Å². The molecule has 0 unspecified atom stereocenters. The third-order valence-corrected chi connectivity index (χ3v) is 3.90. The Hall–Kier alpha value is -1.91. The minimum absolute atomic E-state index is 0.0671. The van der Waals surface area contributed by atoms with Gasteiger partial charge >= 0.3 is 0 Å². The third kappa shape index (κ3) is 2.40. The van der Waals surface area contributed by atoms with E-state index in [2.05, 4.69) is 29.2 Å². The van der Waals surface area contributed by atoms with Crippen LogP contribution in [0.3, 0.4) is 0 Å². The predicted octanol–water partition coefficient (Wildman–Crippen LogP) is 2.53. The highest BCUT2D eigenvalue weighted by molar-refractivity contribution is 5.93. The smallest absolute Gasteiger partial charge is 0.270 e. The molecule has 2 heterocycles. The van der Waals surface area contributed by atoms with Crippen LogP contribution in [0.25, 0.3) is 5.65 Å². The summed E-state index contributed by atoms with van der Waals surface area (Å²) in [5, 5.41) is 7.35. The lowest BCUT2D eigenvalue weighted by Gasteiger charge is -2.13. The van der Waals surface area contributed by atoms with E-state index in [0.29, 0.717) is 17.7 Å². The Morgan fingerprint density at radius 2 is 2.15 bits per heavy atom. The Balaban J connectivity index is 1.92. The van der Waals surface area contributed by atoms with Crippen LogP contribution in [0, 0.1) is 0 Å². The Morgan fingerprint density at radius 3 is 2.85 bits per heavy atom. The number of nitrogens with zero attached hydrogens (tertiary/aromatic N) is 3. The topological polar surface area (TPSA) is 59.3 Å². The first-order valence-electron chi connectivity index (χ1n) is 7.30. The van der Waals surface area contributed by atoms with Crippen molar-refractivity contribution in [2.45, 2.75) is 51.5 Å². The molecule has 3 rings (SSSR count). The first-order valence-corrected chi connectivity index (χ1v) is 7.30. The second-order valence-corrected chi connectivity index (χ2v) is 5.78. The zero-order valence-electron chi connectivity index (χ0n) is 12.0. The minimum Gasteiger partial charge on any atom is -0.348 e. The summed E-state index contributed by atoms with van der Waals surface area (Å²) in [6.45, 7) is 4.18.